The van der Waals surface area contributed by atoms with Crippen LogP contribution in [0.25, 0.3) is 0 Å². The first-order valence-electron chi connectivity index (χ1n) is 4.94. The first-order chi connectivity index (χ1) is 8.09. The van der Waals surface area contributed by atoms with E-state index in [-0.39, 0.29) is 5.78 Å². The van der Waals surface area contributed by atoms with Gasteiger partial charge in [0.05, 0.1) is 15.7 Å². The van der Waals surface area contributed by atoms with Gasteiger partial charge in [-0.3, -0.25) is 4.79 Å². The number of ketones is 1. The van der Waals surface area contributed by atoms with E-state index in [1.165, 1.54) is 12.1 Å². The van der Waals surface area contributed by atoms with Crippen molar-refractivity contribution in [3.63, 3.8) is 0 Å². The number of nitrogen functional groups attached to an aromatic ring is 1. The van der Waals surface area contributed by atoms with Gasteiger partial charge in [0.2, 0.25) is 0 Å². The van der Waals surface area contributed by atoms with Crippen molar-refractivity contribution < 1.29 is 4.79 Å². The molecule has 86 valence electrons. The summed E-state index contributed by atoms with van der Waals surface area (Å²) in [7, 11) is 0. The predicted octanol–water partition coefficient (Wildman–Crippen LogP) is 3.81. The monoisotopic (exact) mass is 265 g/mol. The van der Waals surface area contributed by atoms with Gasteiger partial charge in [0.1, 0.15) is 0 Å². The van der Waals surface area contributed by atoms with Crippen molar-refractivity contribution >= 4 is 34.7 Å². The molecule has 0 aliphatic heterocycles. The fourth-order valence-corrected chi connectivity index (χ4v) is 1.95. The summed E-state index contributed by atoms with van der Waals surface area (Å²) in [6.45, 7) is 0. The Morgan fingerprint density at radius 1 is 1.00 bits per heavy atom. The van der Waals surface area contributed by atoms with Crippen molar-refractivity contribution in [2.24, 2.45) is 0 Å². The maximum atomic E-state index is 12.1. The molecule has 2 aromatic carbocycles. The molecule has 0 radical (unpaired) electrons. The summed E-state index contributed by atoms with van der Waals surface area (Å²) in [5.41, 5.74) is 6.93. The summed E-state index contributed by atoms with van der Waals surface area (Å²) in [6.07, 6.45) is 0. The van der Waals surface area contributed by atoms with Crippen LogP contribution in [-0.4, -0.2) is 5.78 Å². The molecule has 2 rings (SSSR count). The molecule has 2 aromatic rings. The Morgan fingerprint density at radius 3 is 2.29 bits per heavy atom. The molecule has 0 aromatic heterocycles. The number of carbonyl (C=O) groups excluding carboxylic acids is 1. The lowest BCUT2D eigenvalue weighted by molar-refractivity contribution is 0.103. The van der Waals surface area contributed by atoms with Gasteiger partial charge in [0, 0.05) is 11.1 Å². The zero-order valence-electron chi connectivity index (χ0n) is 8.78. The van der Waals surface area contributed by atoms with Gasteiger partial charge in [-0.15, -0.1) is 0 Å². The highest BCUT2D eigenvalue weighted by molar-refractivity contribution is 6.38. The molecule has 0 amide bonds. The zero-order chi connectivity index (χ0) is 12.4. The summed E-state index contributed by atoms with van der Waals surface area (Å²) in [5, 5.41) is 0.651. The van der Waals surface area contributed by atoms with Crippen LogP contribution in [0.15, 0.2) is 42.5 Å². The zero-order valence-corrected chi connectivity index (χ0v) is 10.3. The Balaban J connectivity index is 2.48. The van der Waals surface area contributed by atoms with Crippen molar-refractivity contribution in [3.8, 4) is 0 Å². The highest BCUT2D eigenvalue weighted by Crippen LogP contribution is 2.28. The quantitative estimate of drug-likeness (QED) is 0.663. The van der Waals surface area contributed by atoms with Crippen LogP contribution in [0, 0.1) is 0 Å². The molecule has 2 nitrogen and oxygen atoms in total. The number of nitrogens with two attached hydrogens (primary N) is 1. The minimum atomic E-state index is -0.168. The highest BCUT2D eigenvalue weighted by Gasteiger charge is 2.14. The molecular formula is C13H9Cl2NO. The lowest BCUT2D eigenvalue weighted by Crippen LogP contribution is -2.03. The SMILES string of the molecule is Nc1cc(C(=O)c2ccccc2)c(Cl)cc1Cl. The van der Waals surface area contributed by atoms with E-state index in [2.05, 4.69) is 0 Å². The minimum Gasteiger partial charge on any atom is -0.398 e. The summed E-state index contributed by atoms with van der Waals surface area (Å²) in [6, 6.07) is 11.9. The summed E-state index contributed by atoms with van der Waals surface area (Å²) < 4.78 is 0. The van der Waals surface area contributed by atoms with Gasteiger partial charge in [0.15, 0.2) is 5.78 Å². The predicted molar refractivity (Wildman–Crippen MR) is 70.7 cm³/mol. The van der Waals surface area contributed by atoms with E-state index in [9.17, 15) is 4.79 Å². The smallest absolute Gasteiger partial charge is 0.194 e. The second-order valence-corrected chi connectivity index (χ2v) is 4.36. The average Bonchev–Trinajstić information content (AvgIpc) is 2.34. The second kappa shape index (κ2) is 4.78. The fraction of sp³-hybridized carbons (Fsp3) is 0. The first-order valence-corrected chi connectivity index (χ1v) is 5.69. The Hall–Kier alpha value is -1.51. The van der Waals surface area contributed by atoms with Gasteiger partial charge in [-0.1, -0.05) is 53.5 Å². The van der Waals surface area contributed by atoms with E-state index >= 15 is 0 Å². The van der Waals surface area contributed by atoms with Crippen LogP contribution in [0.3, 0.4) is 0 Å². The van der Waals surface area contributed by atoms with Gasteiger partial charge in [-0.05, 0) is 12.1 Å². The van der Waals surface area contributed by atoms with E-state index in [0.29, 0.717) is 26.9 Å². The number of anilines is 1. The number of carbonyl (C=O) groups is 1. The summed E-state index contributed by atoms with van der Waals surface area (Å²) in [5.74, 6) is -0.168. The van der Waals surface area contributed by atoms with Crippen molar-refractivity contribution in [3.05, 3.63) is 63.6 Å². The van der Waals surface area contributed by atoms with Crippen LogP contribution in [0.5, 0.6) is 0 Å². The van der Waals surface area contributed by atoms with E-state index in [0.717, 1.165) is 0 Å². The molecule has 4 heteroatoms. The van der Waals surface area contributed by atoms with Crippen LogP contribution in [0.2, 0.25) is 10.0 Å². The molecule has 0 spiro atoms. The van der Waals surface area contributed by atoms with Crippen LogP contribution < -0.4 is 5.73 Å². The number of halogens is 2. The van der Waals surface area contributed by atoms with Crippen LogP contribution >= 0.6 is 23.2 Å². The molecule has 0 fully saturated rings. The minimum absolute atomic E-state index is 0.168. The van der Waals surface area contributed by atoms with E-state index in [1.54, 1.807) is 24.3 Å². The van der Waals surface area contributed by atoms with Gasteiger partial charge in [-0.25, -0.2) is 0 Å². The molecule has 2 N–H and O–H groups in total. The molecule has 0 heterocycles. The van der Waals surface area contributed by atoms with Gasteiger partial charge in [-0.2, -0.15) is 0 Å². The Labute approximate surface area is 109 Å². The van der Waals surface area contributed by atoms with Crippen molar-refractivity contribution in [2.45, 2.75) is 0 Å². The van der Waals surface area contributed by atoms with Gasteiger partial charge in [0.25, 0.3) is 0 Å². The molecule has 0 saturated carbocycles. The molecule has 0 aliphatic carbocycles. The number of hydrogen-bond acceptors (Lipinski definition) is 2. The van der Waals surface area contributed by atoms with Crippen LogP contribution in [0.4, 0.5) is 5.69 Å². The van der Waals surface area contributed by atoms with Crippen molar-refractivity contribution in [1.29, 1.82) is 0 Å². The largest absolute Gasteiger partial charge is 0.398 e. The van der Waals surface area contributed by atoms with E-state index in [4.69, 9.17) is 28.9 Å². The summed E-state index contributed by atoms with van der Waals surface area (Å²) in [4.78, 5) is 12.1. The number of benzene rings is 2. The molecule has 0 aliphatic rings. The average molecular weight is 266 g/mol. The molecule has 0 bridgehead atoms. The molecule has 17 heavy (non-hydrogen) atoms. The van der Waals surface area contributed by atoms with Gasteiger partial charge < -0.3 is 5.73 Å². The second-order valence-electron chi connectivity index (χ2n) is 3.55. The molecule has 0 atom stereocenters. The fourth-order valence-electron chi connectivity index (χ4n) is 1.48. The van der Waals surface area contributed by atoms with E-state index < -0.39 is 0 Å². The summed E-state index contributed by atoms with van der Waals surface area (Å²) >= 11 is 11.8. The third-order valence-electron chi connectivity index (χ3n) is 2.37. The third-order valence-corrected chi connectivity index (χ3v) is 3.01. The van der Waals surface area contributed by atoms with Crippen LogP contribution in [-0.2, 0) is 0 Å². The third kappa shape index (κ3) is 2.43. The normalized spacial score (nSPS) is 10.2. The van der Waals surface area contributed by atoms with Crippen molar-refractivity contribution in [2.75, 3.05) is 5.73 Å². The van der Waals surface area contributed by atoms with Gasteiger partial charge >= 0.3 is 0 Å². The van der Waals surface area contributed by atoms with Crippen LogP contribution in [0.1, 0.15) is 15.9 Å². The molecular weight excluding hydrogens is 257 g/mol. The topological polar surface area (TPSA) is 43.1 Å². The maximum absolute atomic E-state index is 12.1. The molecule has 0 unspecified atom stereocenters. The van der Waals surface area contributed by atoms with Crippen molar-refractivity contribution in [1.82, 2.24) is 0 Å². The Bertz CT molecular complexity index is 567. The number of hydrogen-bond donors (Lipinski definition) is 1. The lowest BCUT2D eigenvalue weighted by Gasteiger charge is -2.06. The maximum Gasteiger partial charge on any atom is 0.194 e. The number of rotatable bonds is 2. The lowest BCUT2D eigenvalue weighted by atomic mass is 10.0. The standard InChI is InChI=1S/C13H9Cl2NO/c14-10-7-11(15)12(16)6-9(10)13(17)8-4-2-1-3-5-8/h1-7H,16H2. The highest BCUT2D eigenvalue weighted by atomic mass is 35.5. The Morgan fingerprint density at radius 2 is 1.65 bits per heavy atom. The Kier molecular flexibility index (Phi) is 3.36. The first kappa shape index (κ1) is 12.0. The van der Waals surface area contributed by atoms with E-state index in [1.807, 2.05) is 6.07 Å². The molecule has 0 saturated heterocycles.